The van der Waals surface area contributed by atoms with E-state index in [1.165, 1.54) is 11.8 Å². The highest BCUT2D eigenvalue weighted by Crippen LogP contribution is 2.31. The third-order valence-corrected chi connectivity index (χ3v) is 5.14. The van der Waals surface area contributed by atoms with Gasteiger partial charge in [-0.2, -0.15) is 8.78 Å². The molecule has 0 bridgehead atoms. The molecule has 1 saturated heterocycles. The van der Waals surface area contributed by atoms with Gasteiger partial charge in [0, 0.05) is 33.0 Å². The molecule has 9 heteroatoms. The minimum Gasteiger partial charge on any atom is -0.461 e. The summed E-state index contributed by atoms with van der Waals surface area (Å²) >= 11 is 0. The zero-order chi connectivity index (χ0) is 22.3. The molecule has 2 rings (SSSR count). The Morgan fingerprint density at radius 1 is 1.27 bits per heavy atom. The number of amides is 2. The number of aliphatic hydroxyl groups excluding tert-OH is 1. The number of hydrogen-bond donors (Lipinski definition) is 1. The normalized spacial score (nSPS) is 17.5. The lowest BCUT2D eigenvalue weighted by Gasteiger charge is -2.32. The van der Waals surface area contributed by atoms with Crippen LogP contribution >= 0.6 is 0 Å². The highest BCUT2D eigenvalue weighted by Gasteiger charge is 2.54. The van der Waals surface area contributed by atoms with Gasteiger partial charge in [0.15, 0.2) is 0 Å². The van der Waals surface area contributed by atoms with E-state index in [4.69, 9.17) is 0 Å². The molecule has 1 aromatic carbocycles. The number of benzene rings is 1. The van der Waals surface area contributed by atoms with Gasteiger partial charge < -0.3 is 19.6 Å². The molecule has 0 aliphatic carbocycles. The first kappa shape index (κ1) is 23.7. The standard InChI is InChI=1S/C21H28F2N2O5/c1-3-30-20(29)21(22,23)19(28)16-10-7-13-25(16)18(27)12-11-17(26)24(2)14-15-8-5-4-6-9-15/h4-6,8-9,16,19,28H,3,7,10-14H2,1-2H3/t16?,19-/m0/s1. The van der Waals surface area contributed by atoms with Crippen molar-refractivity contribution in [3.8, 4) is 0 Å². The van der Waals surface area contributed by atoms with Crippen LogP contribution < -0.4 is 0 Å². The Labute approximate surface area is 174 Å². The van der Waals surface area contributed by atoms with Gasteiger partial charge in [-0.1, -0.05) is 30.3 Å². The molecule has 166 valence electrons. The summed E-state index contributed by atoms with van der Waals surface area (Å²) in [6.07, 6.45) is -2.03. The predicted molar refractivity (Wildman–Crippen MR) is 104 cm³/mol. The zero-order valence-corrected chi connectivity index (χ0v) is 17.2. The summed E-state index contributed by atoms with van der Waals surface area (Å²) in [6.45, 7) is 1.73. The maximum absolute atomic E-state index is 14.2. The predicted octanol–water partition coefficient (Wildman–Crippen LogP) is 1.98. The van der Waals surface area contributed by atoms with Crippen LogP contribution in [-0.2, 0) is 25.7 Å². The van der Waals surface area contributed by atoms with Crippen LogP contribution in [0.15, 0.2) is 30.3 Å². The van der Waals surface area contributed by atoms with E-state index in [-0.39, 0.29) is 38.3 Å². The fourth-order valence-corrected chi connectivity index (χ4v) is 3.51. The van der Waals surface area contributed by atoms with Crippen molar-refractivity contribution in [2.75, 3.05) is 20.2 Å². The Bertz CT molecular complexity index is 744. The quantitative estimate of drug-likeness (QED) is 0.610. The van der Waals surface area contributed by atoms with Crippen LogP contribution in [0, 0.1) is 0 Å². The smallest absolute Gasteiger partial charge is 0.379 e. The van der Waals surface area contributed by atoms with Gasteiger partial charge in [0.1, 0.15) is 6.10 Å². The molecule has 7 nitrogen and oxygen atoms in total. The molecule has 1 aliphatic rings. The van der Waals surface area contributed by atoms with Crippen molar-refractivity contribution in [3.63, 3.8) is 0 Å². The number of aliphatic hydroxyl groups is 1. The second kappa shape index (κ2) is 10.5. The first-order valence-electron chi connectivity index (χ1n) is 9.99. The van der Waals surface area contributed by atoms with Crippen molar-refractivity contribution >= 4 is 17.8 Å². The van der Waals surface area contributed by atoms with E-state index in [0.717, 1.165) is 10.5 Å². The lowest BCUT2D eigenvalue weighted by Crippen LogP contribution is -2.54. The number of alkyl halides is 2. The SMILES string of the molecule is CCOC(=O)C(F)(F)[C@@H](O)C1CCCN1C(=O)CCC(=O)N(C)Cc1ccccc1. The van der Waals surface area contributed by atoms with Gasteiger partial charge >= 0.3 is 11.9 Å². The minimum absolute atomic E-state index is 0.0737. The average molecular weight is 426 g/mol. The summed E-state index contributed by atoms with van der Waals surface area (Å²) in [5, 5.41) is 10.1. The molecule has 0 spiro atoms. The van der Waals surface area contributed by atoms with Crippen LogP contribution in [0.4, 0.5) is 8.78 Å². The third-order valence-electron chi connectivity index (χ3n) is 5.14. The number of carbonyl (C=O) groups is 3. The number of ether oxygens (including phenoxy) is 1. The average Bonchev–Trinajstić information content (AvgIpc) is 3.21. The lowest BCUT2D eigenvalue weighted by atomic mass is 10.0. The van der Waals surface area contributed by atoms with Crippen molar-refractivity contribution in [1.82, 2.24) is 9.80 Å². The summed E-state index contributed by atoms with van der Waals surface area (Å²) in [5.74, 6) is -6.68. The summed E-state index contributed by atoms with van der Waals surface area (Å²) in [5.41, 5.74) is 0.948. The van der Waals surface area contributed by atoms with E-state index in [1.807, 2.05) is 30.3 Å². The molecular weight excluding hydrogens is 398 g/mol. The second-order valence-electron chi connectivity index (χ2n) is 7.32. The molecule has 0 aromatic heterocycles. The van der Waals surface area contributed by atoms with E-state index in [0.29, 0.717) is 13.0 Å². The number of carbonyl (C=O) groups excluding carboxylic acids is 3. The molecule has 1 N–H and O–H groups in total. The Balaban J connectivity index is 1.92. The fraction of sp³-hybridized carbons (Fsp3) is 0.571. The third kappa shape index (κ3) is 5.75. The molecule has 1 unspecified atom stereocenters. The lowest BCUT2D eigenvalue weighted by molar-refractivity contribution is -0.194. The first-order valence-corrected chi connectivity index (χ1v) is 9.99. The topological polar surface area (TPSA) is 87.1 Å². The molecule has 30 heavy (non-hydrogen) atoms. The van der Waals surface area contributed by atoms with Gasteiger partial charge in [0.05, 0.1) is 12.6 Å². The van der Waals surface area contributed by atoms with Crippen molar-refractivity contribution in [2.24, 2.45) is 0 Å². The van der Waals surface area contributed by atoms with Crippen molar-refractivity contribution < 1.29 is 33.0 Å². The van der Waals surface area contributed by atoms with E-state index < -0.39 is 29.9 Å². The molecule has 1 heterocycles. The Morgan fingerprint density at radius 2 is 1.93 bits per heavy atom. The number of likely N-dealkylation sites (tertiary alicyclic amines) is 1. The van der Waals surface area contributed by atoms with Crippen molar-refractivity contribution in [2.45, 2.75) is 57.2 Å². The molecule has 1 aromatic rings. The van der Waals surface area contributed by atoms with E-state index >= 15 is 0 Å². The van der Waals surface area contributed by atoms with Gasteiger partial charge in [0.25, 0.3) is 0 Å². The Hall–Kier alpha value is -2.55. The Kier molecular flexibility index (Phi) is 8.28. The summed E-state index contributed by atoms with van der Waals surface area (Å²) < 4.78 is 32.7. The molecule has 0 saturated carbocycles. The van der Waals surface area contributed by atoms with Gasteiger partial charge in [-0.05, 0) is 25.3 Å². The monoisotopic (exact) mass is 426 g/mol. The van der Waals surface area contributed by atoms with Crippen LogP contribution in [0.2, 0.25) is 0 Å². The van der Waals surface area contributed by atoms with E-state index in [9.17, 15) is 28.3 Å². The molecule has 2 amide bonds. The molecule has 1 aliphatic heterocycles. The molecule has 1 fully saturated rings. The summed E-state index contributed by atoms with van der Waals surface area (Å²) in [7, 11) is 1.63. The van der Waals surface area contributed by atoms with Crippen LogP contribution in [0.25, 0.3) is 0 Å². The van der Waals surface area contributed by atoms with Gasteiger partial charge in [-0.15, -0.1) is 0 Å². The highest BCUT2D eigenvalue weighted by molar-refractivity contribution is 5.84. The van der Waals surface area contributed by atoms with Crippen LogP contribution in [-0.4, -0.2) is 71.0 Å². The Morgan fingerprint density at radius 3 is 2.57 bits per heavy atom. The zero-order valence-electron chi connectivity index (χ0n) is 17.2. The van der Waals surface area contributed by atoms with E-state index in [1.54, 1.807) is 7.05 Å². The summed E-state index contributed by atoms with van der Waals surface area (Å²) in [6, 6.07) is 8.17. The first-order chi connectivity index (χ1) is 14.2. The number of esters is 1. The van der Waals surface area contributed by atoms with Gasteiger partial charge in [-0.3, -0.25) is 9.59 Å². The minimum atomic E-state index is -4.12. The maximum atomic E-state index is 14.2. The van der Waals surface area contributed by atoms with Gasteiger partial charge in [0.2, 0.25) is 11.8 Å². The maximum Gasteiger partial charge on any atom is 0.379 e. The van der Waals surface area contributed by atoms with Crippen LogP contribution in [0.5, 0.6) is 0 Å². The fourth-order valence-electron chi connectivity index (χ4n) is 3.51. The number of nitrogens with zero attached hydrogens (tertiary/aromatic N) is 2. The molecular formula is C21H28F2N2O5. The van der Waals surface area contributed by atoms with Crippen LogP contribution in [0.3, 0.4) is 0 Å². The van der Waals surface area contributed by atoms with E-state index in [2.05, 4.69) is 4.74 Å². The molecule has 2 atom stereocenters. The number of halogens is 2. The largest absolute Gasteiger partial charge is 0.461 e. The van der Waals surface area contributed by atoms with Crippen molar-refractivity contribution in [1.29, 1.82) is 0 Å². The summed E-state index contributed by atoms with van der Waals surface area (Å²) in [4.78, 5) is 39.0. The van der Waals surface area contributed by atoms with Gasteiger partial charge in [-0.25, -0.2) is 4.79 Å². The van der Waals surface area contributed by atoms with Crippen LogP contribution in [0.1, 0.15) is 38.2 Å². The van der Waals surface area contributed by atoms with Crippen molar-refractivity contribution in [3.05, 3.63) is 35.9 Å². The molecule has 0 radical (unpaired) electrons. The number of hydrogen-bond acceptors (Lipinski definition) is 5. The second-order valence-corrected chi connectivity index (χ2v) is 7.32. The highest BCUT2D eigenvalue weighted by atomic mass is 19.3. The number of rotatable bonds is 9.